The number of aromatic nitrogens is 2. The van der Waals surface area contributed by atoms with E-state index in [4.69, 9.17) is 0 Å². The molecule has 0 radical (unpaired) electrons. The topological polar surface area (TPSA) is 143 Å². The molecule has 10 nitrogen and oxygen atoms in total. The number of hydrogen-bond acceptors (Lipinski definition) is 8. The van der Waals surface area contributed by atoms with Gasteiger partial charge in [-0.2, -0.15) is 0 Å². The van der Waals surface area contributed by atoms with Crippen LogP contribution < -0.4 is 5.32 Å². The average molecular weight is 677 g/mol. The largest absolute Gasteiger partial charge is 0.344 e. The number of hydrogen-bond donors (Lipinski definition) is 1. The molecular formula is C39H56N4O6. The van der Waals surface area contributed by atoms with Crippen molar-refractivity contribution in [3.8, 4) is 0 Å². The highest BCUT2D eigenvalue weighted by Gasteiger charge is 2.51. The predicted molar refractivity (Wildman–Crippen MR) is 184 cm³/mol. The standard InChI is InChI=1S/C39H56N4O6/c1-4-10-27(37(47)34(46)19-25-15-16-25)20-33(45)36-29-14-9-13-28(29)23-43(36)39(49)35(24(3)5-2)42-38(48)30(26-11-7-6-8-12-26)21-32(44)31-22-40-17-18-41-31/h17-18,22,24-30,35-36H,4-16,19-21,23H2,1-3H3,(H,42,48)/t24-,27+,28?,29+,30-,35+,36+/m1/s1. The molecule has 4 aliphatic rings. The Kier molecular flexibility index (Phi) is 12.9. The van der Waals surface area contributed by atoms with Crippen molar-refractivity contribution in [2.24, 2.45) is 41.4 Å². The van der Waals surface area contributed by atoms with E-state index in [2.05, 4.69) is 15.3 Å². The van der Waals surface area contributed by atoms with Crippen molar-refractivity contribution >= 4 is 34.9 Å². The number of amides is 2. The molecule has 10 heteroatoms. The highest BCUT2D eigenvalue weighted by Crippen LogP contribution is 2.44. The lowest BCUT2D eigenvalue weighted by Gasteiger charge is -2.35. The molecule has 0 spiro atoms. The minimum Gasteiger partial charge on any atom is -0.344 e. The van der Waals surface area contributed by atoms with E-state index in [-0.39, 0.29) is 77.8 Å². The van der Waals surface area contributed by atoms with Crippen molar-refractivity contribution in [1.29, 1.82) is 0 Å². The Bertz CT molecular complexity index is 1360. The molecule has 2 amide bonds. The zero-order valence-corrected chi connectivity index (χ0v) is 29.7. The third-order valence-corrected chi connectivity index (χ3v) is 12.0. The molecule has 7 atom stereocenters. The van der Waals surface area contributed by atoms with Crippen LogP contribution in [0.3, 0.4) is 0 Å². The maximum absolute atomic E-state index is 14.6. The minimum atomic E-state index is -0.850. The third-order valence-electron chi connectivity index (χ3n) is 12.0. The number of ketones is 4. The van der Waals surface area contributed by atoms with E-state index in [9.17, 15) is 28.8 Å². The number of fused-ring (bicyclic) bond motifs is 1. The molecule has 3 saturated carbocycles. The van der Waals surface area contributed by atoms with Crippen molar-refractivity contribution in [1.82, 2.24) is 20.2 Å². The van der Waals surface area contributed by atoms with Gasteiger partial charge in [-0.25, -0.2) is 4.98 Å². The van der Waals surface area contributed by atoms with Gasteiger partial charge in [-0.15, -0.1) is 0 Å². The Hall–Kier alpha value is -3.30. The van der Waals surface area contributed by atoms with Gasteiger partial charge in [0.25, 0.3) is 0 Å². The van der Waals surface area contributed by atoms with Crippen LogP contribution in [-0.4, -0.2) is 68.4 Å². The molecule has 1 unspecified atom stereocenters. The second kappa shape index (κ2) is 17.1. The van der Waals surface area contributed by atoms with Gasteiger partial charge in [0.2, 0.25) is 17.6 Å². The van der Waals surface area contributed by atoms with Gasteiger partial charge in [0.15, 0.2) is 17.3 Å². The molecule has 1 aromatic heterocycles. The van der Waals surface area contributed by atoms with E-state index in [0.29, 0.717) is 31.7 Å². The fourth-order valence-corrected chi connectivity index (χ4v) is 8.77. The van der Waals surface area contributed by atoms with Crippen LogP contribution in [0.5, 0.6) is 0 Å². The molecule has 1 saturated heterocycles. The summed E-state index contributed by atoms with van der Waals surface area (Å²) in [6, 6.07) is -1.51. The molecule has 3 aliphatic carbocycles. The summed E-state index contributed by atoms with van der Waals surface area (Å²) in [6.07, 6.45) is 15.9. The summed E-state index contributed by atoms with van der Waals surface area (Å²) >= 11 is 0. The van der Waals surface area contributed by atoms with Gasteiger partial charge in [-0.3, -0.25) is 33.8 Å². The van der Waals surface area contributed by atoms with E-state index >= 15 is 0 Å². The van der Waals surface area contributed by atoms with Crippen LogP contribution in [0.4, 0.5) is 0 Å². The number of carbonyl (C=O) groups is 6. The Morgan fingerprint density at radius 3 is 2.33 bits per heavy atom. The Balaban J connectivity index is 1.35. The maximum atomic E-state index is 14.6. The first kappa shape index (κ1) is 37.0. The molecule has 1 aromatic rings. The molecule has 1 aliphatic heterocycles. The minimum absolute atomic E-state index is 0.00209. The smallest absolute Gasteiger partial charge is 0.246 e. The SMILES string of the molecule is CCC[C@@H](CC(=O)[C@@H]1[C@H]2CCCC2CN1C(=O)[C@@H](NC(=O)[C@H](CC(=O)c1cnccn1)C1CCCCC1)[C@H](C)CC)C(=O)C(=O)CC1CC1. The lowest BCUT2D eigenvalue weighted by atomic mass is 9.77. The highest BCUT2D eigenvalue weighted by atomic mass is 16.2. The van der Waals surface area contributed by atoms with Gasteiger partial charge < -0.3 is 10.2 Å². The van der Waals surface area contributed by atoms with Crippen molar-refractivity contribution in [3.05, 3.63) is 24.3 Å². The first-order chi connectivity index (χ1) is 23.6. The van der Waals surface area contributed by atoms with Crippen LogP contribution in [-0.2, 0) is 24.0 Å². The van der Waals surface area contributed by atoms with Crippen molar-refractivity contribution in [3.63, 3.8) is 0 Å². The molecule has 49 heavy (non-hydrogen) atoms. The van der Waals surface area contributed by atoms with Crippen molar-refractivity contribution in [2.45, 2.75) is 136 Å². The first-order valence-corrected chi connectivity index (χ1v) is 19.1. The van der Waals surface area contributed by atoms with Crippen molar-refractivity contribution in [2.75, 3.05) is 6.54 Å². The quantitative estimate of drug-likeness (QED) is 0.154. The Morgan fingerprint density at radius 1 is 0.918 bits per heavy atom. The summed E-state index contributed by atoms with van der Waals surface area (Å²) in [5, 5.41) is 3.11. The average Bonchev–Trinajstić information content (AvgIpc) is 3.69. The second-order valence-electron chi connectivity index (χ2n) is 15.5. The van der Waals surface area contributed by atoms with Crippen LogP contribution in [0.25, 0.3) is 0 Å². The third kappa shape index (κ3) is 9.09. The normalized spacial score (nSPS) is 24.8. The van der Waals surface area contributed by atoms with Crippen molar-refractivity contribution < 1.29 is 28.8 Å². The fraction of sp³-hybridized carbons (Fsp3) is 0.744. The van der Waals surface area contributed by atoms with E-state index < -0.39 is 29.7 Å². The summed E-state index contributed by atoms with van der Waals surface area (Å²) in [4.78, 5) is 92.2. The van der Waals surface area contributed by atoms with Gasteiger partial charge in [-0.05, 0) is 74.5 Å². The van der Waals surface area contributed by atoms with Crippen LogP contribution in [0.2, 0.25) is 0 Å². The molecule has 2 heterocycles. The highest BCUT2D eigenvalue weighted by molar-refractivity contribution is 6.38. The second-order valence-corrected chi connectivity index (χ2v) is 15.5. The Morgan fingerprint density at radius 2 is 1.67 bits per heavy atom. The van der Waals surface area contributed by atoms with Gasteiger partial charge in [0.05, 0.1) is 12.2 Å². The number of Topliss-reactive ketones (excluding diaryl/α,β-unsaturated/α-hetero) is 4. The van der Waals surface area contributed by atoms with Crippen LogP contribution in [0, 0.1) is 41.4 Å². The molecule has 268 valence electrons. The summed E-state index contributed by atoms with van der Waals surface area (Å²) in [5.41, 5.74) is 0.227. The fourth-order valence-electron chi connectivity index (χ4n) is 8.77. The number of nitrogens with one attached hydrogen (secondary N) is 1. The van der Waals surface area contributed by atoms with E-state index in [1.54, 1.807) is 4.90 Å². The van der Waals surface area contributed by atoms with E-state index in [1.165, 1.54) is 18.6 Å². The zero-order chi connectivity index (χ0) is 35.1. The maximum Gasteiger partial charge on any atom is 0.246 e. The summed E-state index contributed by atoms with van der Waals surface area (Å²) in [5.74, 6) is -2.66. The molecule has 1 N–H and O–H groups in total. The predicted octanol–water partition coefficient (Wildman–Crippen LogP) is 5.72. The van der Waals surface area contributed by atoms with Gasteiger partial charge >= 0.3 is 0 Å². The number of rotatable bonds is 18. The monoisotopic (exact) mass is 676 g/mol. The molecule has 0 aromatic carbocycles. The molecular weight excluding hydrogens is 620 g/mol. The Labute approximate surface area is 291 Å². The molecule has 5 rings (SSSR count). The first-order valence-electron chi connectivity index (χ1n) is 19.1. The lowest BCUT2D eigenvalue weighted by Crippen LogP contribution is -2.56. The van der Waals surface area contributed by atoms with Crippen LogP contribution in [0.1, 0.15) is 134 Å². The number of likely N-dealkylation sites (tertiary alicyclic amines) is 1. The summed E-state index contributed by atoms with van der Waals surface area (Å²) < 4.78 is 0. The number of nitrogens with zero attached hydrogens (tertiary/aromatic N) is 3. The van der Waals surface area contributed by atoms with Gasteiger partial charge in [0.1, 0.15) is 11.7 Å². The summed E-state index contributed by atoms with van der Waals surface area (Å²) in [6.45, 7) is 6.33. The molecule has 0 bridgehead atoms. The van der Waals surface area contributed by atoms with E-state index in [1.807, 2.05) is 20.8 Å². The lowest BCUT2D eigenvalue weighted by molar-refractivity contribution is -0.145. The van der Waals surface area contributed by atoms with Gasteiger partial charge in [0, 0.05) is 50.0 Å². The van der Waals surface area contributed by atoms with Crippen LogP contribution >= 0.6 is 0 Å². The zero-order valence-electron chi connectivity index (χ0n) is 29.7. The van der Waals surface area contributed by atoms with Crippen LogP contribution in [0.15, 0.2) is 18.6 Å². The molecule has 4 fully saturated rings. The van der Waals surface area contributed by atoms with Gasteiger partial charge in [-0.1, -0.05) is 59.3 Å². The van der Waals surface area contributed by atoms with E-state index in [0.717, 1.165) is 64.2 Å². The number of carbonyl (C=O) groups excluding carboxylic acids is 6. The summed E-state index contributed by atoms with van der Waals surface area (Å²) in [7, 11) is 0.